The maximum atomic E-state index is 6.07. The van der Waals surface area contributed by atoms with Crippen molar-refractivity contribution in [2.75, 3.05) is 14.2 Å². The first-order valence-corrected chi connectivity index (χ1v) is 8.52. The second-order valence-corrected chi connectivity index (χ2v) is 6.01. The lowest BCUT2D eigenvalue weighted by molar-refractivity contribution is 0.107. The maximum Gasteiger partial charge on any atom is 0.267 e. The van der Waals surface area contributed by atoms with Crippen LogP contribution >= 0.6 is 23.2 Å². The smallest absolute Gasteiger partial charge is 0.267 e. The summed E-state index contributed by atoms with van der Waals surface area (Å²) in [5, 5.41) is 8.62. The third-order valence-corrected chi connectivity index (χ3v) is 4.39. The Hall–Kier alpha value is -2.77. The van der Waals surface area contributed by atoms with Crippen molar-refractivity contribution in [1.29, 1.82) is 0 Å². The van der Waals surface area contributed by atoms with E-state index in [2.05, 4.69) is 15.3 Å². The van der Waals surface area contributed by atoms with Gasteiger partial charge in [0.1, 0.15) is 11.5 Å². The van der Waals surface area contributed by atoms with Gasteiger partial charge in [0.05, 0.1) is 36.0 Å². The van der Waals surface area contributed by atoms with Gasteiger partial charge in [-0.25, -0.2) is 0 Å². The number of nitrogens with zero attached hydrogens (tertiary/aromatic N) is 3. The number of oxime groups is 1. The summed E-state index contributed by atoms with van der Waals surface area (Å²) in [4.78, 5) is 9.46. The van der Waals surface area contributed by atoms with Crippen LogP contribution in [0.3, 0.4) is 0 Å². The minimum atomic E-state index is 0.000154. The van der Waals surface area contributed by atoms with Gasteiger partial charge in [0.25, 0.3) is 5.89 Å². The number of ether oxygens (including phenoxy) is 2. The molecular formula is C18H15Cl2N3O4. The largest absolute Gasteiger partial charge is 0.497 e. The summed E-state index contributed by atoms with van der Waals surface area (Å²) in [6.45, 7) is 0.000154. The van der Waals surface area contributed by atoms with Crippen LogP contribution in [0, 0.1) is 0 Å². The number of rotatable bonds is 7. The minimum Gasteiger partial charge on any atom is -0.497 e. The van der Waals surface area contributed by atoms with E-state index < -0.39 is 0 Å². The molecule has 3 aromatic rings. The Kier molecular flexibility index (Phi) is 6.16. The molecule has 0 unspecified atom stereocenters. The van der Waals surface area contributed by atoms with Crippen molar-refractivity contribution in [2.24, 2.45) is 5.16 Å². The van der Waals surface area contributed by atoms with E-state index in [-0.39, 0.29) is 12.5 Å². The van der Waals surface area contributed by atoms with Crippen molar-refractivity contribution in [3.8, 4) is 22.9 Å². The first-order chi connectivity index (χ1) is 13.1. The van der Waals surface area contributed by atoms with Gasteiger partial charge in [-0.3, -0.25) is 0 Å². The van der Waals surface area contributed by atoms with E-state index >= 15 is 0 Å². The molecule has 0 spiro atoms. The molecule has 0 fully saturated rings. The van der Waals surface area contributed by atoms with Crippen LogP contribution in [0.2, 0.25) is 10.0 Å². The van der Waals surface area contributed by atoms with Gasteiger partial charge in [-0.05, 0) is 18.2 Å². The zero-order valence-electron chi connectivity index (χ0n) is 14.5. The van der Waals surface area contributed by atoms with Crippen molar-refractivity contribution in [3.05, 3.63) is 57.9 Å². The molecule has 0 bridgehead atoms. The molecule has 9 heteroatoms. The average molecular weight is 408 g/mol. The summed E-state index contributed by atoms with van der Waals surface area (Å²) < 4.78 is 15.7. The van der Waals surface area contributed by atoms with E-state index in [0.29, 0.717) is 38.5 Å². The van der Waals surface area contributed by atoms with Crippen molar-refractivity contribution >= 4 is 29.4 Å². The highest BCUT2D eigenvalue weighted by atomic mass is 35.5. The van der Waals surface area contributed by atoms with E-state index in [1.165, 1.54) is 6.21 Å². The van der Waals surface area contributed by atoms with E-state index in [1.54, 1.807) is 50.6 Å². The molecule has 0 saturated carbocycles. The number of hydrogen-bond acceptors (Lipinski definition) is 7. The number of benzene rings is 2. The van der Waals surface area contributed by atoms with Gasteiger partial charge >= 0.3 is 0 Å². The molecule has 0 atom stereocenters. The van der Waals surface area contributed by atoms with Gasteiger partial charge in [0.2, 0.25) is 5.82 Å². The monoisotopic (exact) mass is 407 g/mol. The minimum absolute atomic E-state index is 0.000154. The highest BCUT2D eigenvalue weighted by Crippen LogP contribution is 2.31. The standard InChI is InChI=1S/C18H15Cl2N3O4/c1-24-12-6-7-13(15(8-12)25-2)18-22-16(27-23-18)10-26-21-9-11-4-3-5-14(19)17(11)20/h3-9H,10H2,1-2H3/b21-9-. The van der Waals surface area contributed by atoms with Gasteiger partial charge in [-0.1, -0.05) is 45.6 Å². The van der Waals surface area contributed by atoms with Crippen LogP contribution in [-0.2, 0) is 11.4 Å². The Bertz CT molecular complexity index is 960. The Labute approximate surface area is 165 Å². The van der Waals surface area contributed by atoms with Crippen LogP contribution in [0.5, 0.6) is 11.5 Å². The van der Waals surface area contributed by atoms with Crippen LogP contribution in [0.1, 0.15) is 11.5 Å². The Morgan fingerprint density at radius 3 is 2.78 bits per heavy atom. The molecule has 2 aromatic carbocycles. The zero-order valence-corrected chi connectivity index (χ0v) is 16.0. The van der Waals surface area contributed by atoms with Gasteiger partial charge in [-0.2, -0.15) is 4.98 Å². The van der Waals surface area contributed by atoms with Gasteiger partial charge in [0, 0.05) is 11.6 Å². The Balaban J connectivity index is 1.66. The molecule has 140 valence electrons. The summed E-state index contributed by atoms with van der Waals surface area (Å²) in [5.41, 5.74) is 1.31. The first kappa shape index (κ1) is 19.0. The Morgan fingerprint density at radius 2 is 2.00 bits per heavy atom. The molecule has 27 heavy (non-hydrogen) atoms. The molecule has 0 aliphatic carbocycles. The molecule has 1 aromatic heterocycles. The summed E-state index contributed by atoms with van der Waals surface area (Å²) >= 11 is 12.0. The topological polar surface area (TPSA) is 79.0 Å². The first-order valence-electron chi connectivity index (χ1n) is 7.76. The second kappa shape index (κ2) is 8.75. The fourth-order valence-electron chi connectivity index (χ4n) is 2.21. The summed E-state index contributed by atoms with van der Waals surface area (Å²) in [5.74, 6) is 1.86. The predicted octanol–water partition coefficient (Wildman–Crippen LogP) is 4.61. The molecule has 0 radical (unpaired) electrons. The molecule has 0 amide bonds. The van der Waals surface area contributed by atoms with Gasteiger partial charge < -0.3 is 18.8 Å². The SMILES string of the molecule is COc1ccc(-c2noc(CO/N=C\c3cccc(Cl)c3Cl)n2)c(OC)c1. The molecule has 0 saturated heterocycles. The van der Waals surface area contributed by atoms with E-state index in [0.717, 1.165) is 0 Å². The third kappa shape index (κ3) is 4.50. The molecule has 3 rings (SSSR count). The van der Waals surface area contributed by atoms with Crippen LogP contribution in [-0.4, -0.2) is 30.6 Å². The van der Waals surface area contributed by atoms with Crippen LogP contribution in [0.4, 0.5) is 0 Å². The van der Waals surface area contributed by atoms with Crippen LogP contribution < -0.4 is 9.47 Å². The van der Waals surface area contributed by atoms with Gasteiger partial charge in [0.15, 0.2) is 6.61 Å². The highest BCUT2D eigenvalue weighted by molar-refractivity contribution is 6.43. The second-order valence-electron chi connectivity index (χ2n) is 5.23. The van der Waals surface area contributed by atoms with Crippen molar-refractivity contribution in [3.63, 3.8) is 0 Å². The van der Waals surface area contributed by atoms with Gasteiger partial charge in [-0.15, -0.1) is 0 Å². The third-order valence-electron chi connectivity index (χ3n) is 3.55. The highest BCUT2D eigenvalue weighted by Gasteiger charge is 2.14. The predicted molar refractivity (Wildman–Crippen MR) is 102 cm³/mol. The zero-order chi connectivity index (χ0) is 19.2. The van der Waals surface area contributed by atoms with E-state index in [9.17, 15) is 0 Å². The lowest BCUT2D eigenvalue weighted by atomic mass is 10.2. The van der Waals surface area contributed by atoms with Crippen LogP contribution in [0.15, 0.2) is 46.1 Å². The van der Waals surface area contributed by atoms with Crippen molar-refractivity contribution < 1.29 is 18.8 Å². The molecule has 0 aliphatic heterocycles. The normalized spacial score (nSPS) is 11.0. The summed E-state index contributed by atoms with van der Waals surface area (Å²) in [6, 6.07) is 10.5. The fraction of sp³-hybridized carbons (Fsp3) is 0.167. The fourth-order valence-corrected chi connectivity index (χ4v) is 2.57. The number of halogens is 2. The maximum absolute atomic E-state index is 6.07. The molecule has 0 N–H and O–H groups in total. The summed E-state index contributed by atoms with van der Waals surface area (Å²) in [7, 11) is 3.13. The average Bonchev–Trinajstić information content (AvgIpc) is 3.16. The molecule has 7 nitrogen and oxygen atoms in total. The number of hydrogen-bond donors (Lipinski definition) is 0. The number of methoxy groups -OCH3 is 2. The van der Waals surface area contributed by atoms with E-state index in [4.69, 9.17) is 42.0 Å². The summed E-state index contributed by atoms with van der Waals surface area (Å²) in [6.07, 6.45) is 1.46. The quantitative estimate of drug-likeness (QED) is 0.420. The molecule has 0 aliphatic rings. The Morgan fingerprint density at radius 1 is 1.15 bits per heavy atom. The lowest BCUT2D eigenvalue weighted by Crippen LogP contribution is -1.92. The molecular weight excluding hydrogens is 393 g/mol. The van der Waals surface area contributed by atoms with Crippen LogP contribution in [0.25, 0.3) is 11.4 Å². The lowest BCUT2D eigenvalue weighted by Gasteiger charge is -2.07. The van der Waals surface area contributed by atoms with Crippen molar-refractivity contribution in [2.45, 2.75) is 6.61 Å². The van der Waals surface area contributed by atoms with E-state index in [1.807, 2.05) is 0 Å². The number of aromatic nitrogens is 2. The van der Waals surface area contributed by atoms with Crippen molar-refractivity contribution in [1.82, 2.24) is 10.1 Å². The molecule has 1 heterocycles.